The van der Waals surface area contributed by atoms with Gasteiger partial charge in [0.05, 0.1) is 6.61 Å². The smallest absolute Gasteiger partial charge is 0.175 e. The molecule has 19 heavy (non-hydrogen) atoms. The largest absolute Gasteiger partial charge is 0.492 e. The molecule has 0 atom stereocenters. The van der Waals surface area contributed by atoms with E-state index in [2.05, 4.69) is 10.2 Å². The molecule has 1 aromatic heterocycles. The summed E-state index contributed by atoms with van der Waals surface area (Å²) < 4.78 is 7.72. The molecule has 0 aliphatic carbocycles. The van der Waals surface area contributed by atoms with Crippen molar-refractivity contribution < 1.29 is 4.74 Å². The molecule has 1 heterocycles. The standard InChI is InChI=1S/C12H15N3OS3/c1-17-11-14-15-12(19-11)18-7-6-16-10-5-3-2-4-9(10)8-13/h2-5H,6-8,13H2,1H3. The van der Waals surface area contributed by atoms with Gasteiger partial charge in [0, 0.05) is 17.9 Å². The number of aromatic nitrogens is 2. The first-order chi connectivity index (χ1) is 9.33. The summed E-state index contributed by atoms with van der Waals surface area (Å²) in [5.74, 6) is 1.72. The second-order valence-corrected chi connectivity index (χ2v) is 6.92. The molecule has 0 amide bonds. The maximum atomic E-state index is 5.73. The molecule has 2 aromatic rings. The fourth-order valence-corrected chi connectivity index (χ4v) is 3.76. The van der Waals surface area contributed by atoms with Gasteiger partial charge in [-0.05, 0) is 12.3 Å². The predicted molar refractivity (Wildman–Crippen MR) is 82.2 cm³/mol. The molecular weight excluding hydrogens is 298 g/mol. The van der Waals surface area contributed by atoms with E-state index in [0.717, 1.165) is 25.7 Å². The third-order valence-electron chi connectivity index (χ3n) is 2.32. The summed E-state index contributed by atoms with van der Waals surface area (Å²) in [4.78, 5) is 0. The van der Waals surface area contributed by atoms with Gasteiger partial charge in [0.2, 0.25) is 0 Å². The van der Waals surface area contributed by atoms with Crippen LogP contribution < -0.4 is 10.5 Å². The van der Waals surface area contributed by atoms with Crippen LogP contribution in [0.1, 0.15) is 5.56 Å². The Balaban J connectivity index is 1.77. The van der Waals surface area contributed by atoms with Crippen LogP contribution >= 0.6 is 34.9 Å². The van der Waals surface area contributed by atoms with Crippen LogP contribution in [0.15, 0.2) is 32.9 Å². The van der Waals surface area contributed by atoms with Crippen LogP contribution in [-0.4, -0.2) is 28.8 Å². The molecular formula is C12H15N3OS3. The highest BCUT2D eigenvalue weighted by Crippen LogP contribution is 2.27. The molecule has 0 bridgehead atoms. The van der Waals surface area contributed by atoms with Crippen LogP contribution in [-0.2, 0) is 6.54 Å². The highest BCUT2D eigenvalue weighted by Gasteiger charge is 2.04. The minimum absolute atomic E-state index is 0.497. The summed E-state index contributed by atoms with van der Waals surface area (Å²) in [6.07, 6.45) is 2.00. The van der Waals surface area contributed by atoms with Crippen LogP contribution in [0.4, 0.5) is 0 Å². The number of hydrogen-bond donors (Lipinski definition) is 1. The minimum atomic E-state index is 0.497. The quantitative estimate of drug-likeness (QED) is 0.626. The van der Waals surface area contributed by atoms with Crippen molar-refractivity contribution in [1.29, 1.82) is 0 Å². The molecule has 0 fully saturated rings. The molecule has 0 unspecified atom stereocenters. The van der Waals surface area contributed by atoms with E-state index in [1.54, 1.807) is 34.9 Å². The van der Waals surface area contributed by atoms with E-state index in [1.165, 1.54) is 0 Å². The molecule has 0 spiro atoms. The van der Waals surface area contributed by atoms with Gasteiger partial charge >= 0.3 is 0 Å². The zero-order chi connectivity index (χ0) is 13.5. The molecule has 0 saturated heterocycles. The fraction of sp³-hybridized carbons (Fsp3) is 0.333. The number of para-hydroxylation sites is 1. The lowest BCUT2D eigenvalue weighted by molar-refractivity contribution is 0.340. The molecule has 0 aliphatic rings. The number of ether oxygens (including phenoxy) is 1. The summed E-state index contributed by atoms with van der Waals surface area (Å²) in [6.45, 7) is 1.13. The van der Waals surface area contributed by atoms with Crippen LogP contribution in [0.5, 0.6) is 5.75 Å². The Morgan fingerprint density at radius 3 is 2.79 bits per heavy atom. The Bertz CT molecular complexity index is 518. The molecule has 4 nitrogen and oxygen atoms in total. The Labute approximate surface area is 125 Å². The lowest BCUT2D eigenvalue weighted by Gasteiger charge is -2.09. The maximum absolute atomic E-state index is 5.73. The van der Waals surface area contributed by atoms with Gasteiger partial charge in [-0.15, -0.1) is 10.2 Å². The number of thioether (sulfide) groups is 2. The van der Waals surface area contributed by atoms with E-state index in [9.17, 15) is 0 Å². The van der Waals surface area contributed by atoms with Crippen molar-refractivity contribution >= 4 is 34.9 Å². The Morgan fingerprint density at radius 2 is 2.05 bits per heavy atom. The zero-order valence-electron chi connectivity index (χ0n) is 10.5. The predicted octanol–water partition coefficient (Wildman–Crippen LogP) is 2.89. The SMILES string of the molecule is CSc1nnc(SCCOc2ccccc2CN)s1. The normalized spacial score (nSPS) is 10.6. The topological polar surface area (TPSA) is 61.0 Å². The van der Waals surface area contributed by atoms with Crippen molar-refractivity contribution in [2.75, 3.05) is 18.6 Å². The molecule has 2 rings (SSSR count). The van der Waals surface area contributed by atoms with E-state index in [1.807, 2.05) is 30.5 Å². The van der Waals surface area contributed by atoms with Crippen molar-refractivity contribution in [2.45, 2.75) is 15.2 Å². The van der Waals surface area contributed by atoms with Gasteiger partial charge < -0.3 is 10.5 Å². The summed E-state index contributed by atoms with van der Waals surface area (Å²) in [7, 11) is 0. The summed E-state index contributed by atoms with van der Waals surface area (Å²) in [6, 6.07) is 7.85. The number of rotatable bonds is 7. The van der Waals surface area contributed by atoms with Crippen molar-refractivity contribution in [1.82, 2.24) is 10.2 Å². The second kappa shape index (κ2) is 7.74. The average molecular weight is 313 g/mol. The second-order valence-electron chi connectivity index (χ2n) is 3.55. The van der Waals surface area contributed by atoms with E-state index >= 15 is 0 Å². The van der Waals surface area contributed by atoms with Gasteiger partial charge in [-0.2, -0.15) is 0 Å². The Kier molecular flexibility index (Phi) is 5.96. The first-order valence-electron chi connectivity index (χ1n) is 5.74. The molecule has 0 aliphatic heterocycles. The minimum Gasteiger partial charge on any atom is -0.492 e. The van der Waals surface area contributed by atoms with Crippen LogP contribution in [0.25, 0.3) is 0 Å². The summed E-state index contributed by atoms with van der Waals surface area (Å²) in [5, 5.41) is 8.15. The van der Waals surface area contributed by atoms with Crippen LogP contribution in [0, 0.1) is 0 Å². The summed E-state index contributed by atoms with van der Waals surface area (Å²) in [5.41, 5.74) is 6.70. The van der Waals surface area contributed by atoms with E-state index in [-0.39, 0.29) is 0 Å². The fourth-order valence-electron chi connectivity index (χ4n) is 1.43. The van der Waals surface area contributed by atoms with E-state index in [0.29, 0.717) is 13.2 Å². The first kappa shape index (κ1) is 14.6. The number of nitrogens with two attached hydrogens (primary N) is 1. The van der Waals surface area contributed by atoms with Gasteiger partial charge in [0.25, 0.3) is 0 Å². The molecule has 0 radical (unpaired) electrons. The molecule has 7 heteroatoms. The van der Waals surface area contributed by atoms with Gasteiger partial charge in [-0.1, -0.05) is 53.1 Å². The van der Waals surface area contributed by atoms with Crippen LogP contribution in [0.2, 0.25) is 0 Å². The number of benzene rings is 1. The molecule has 1 aromatic carbocycles. The lowest BCUT2D eigenvalue weighted by Crippen LogP contribution is -2.05. The summed E-state index contributed by atoms with van der Waals surface area (Å²) >= 11 is 4.90. The highest BCUT2D eigenvalue weighted by molar-refractivity contribution is 8.02. The Morgan fingerprint density at radius 1 is 1.26 bits per heavy atom. The molecule has 102 valence electrons. The third kappa shape index (κ3) is 4.38. The monoisotopic (exact) mass is 313 g/mol. The van der Waals surface area contributed by atoms with Gasteiger partial charge in [0.1, 0.15) is 5.75 Å². The van der Waals surface area contributed by atoms with E-state index in [4.69, 9.17) is 10.5 Å². The van der Waals surface area contributed by atoms with Crippen molar-refractivity contribution in [3.8, 4) is 5.75 Å². The van der Waals surface area contributed by atoms with Crippen molar-refractivity contribution in [3.05, 3.63) is 29.8 Å². The maximum Gasteiger partial charge on any atom is 0.175 e. The first-order valence-corrected chi connectivity index (χ1v) is 8.77. The highest BCUT2D eigenvalue weighted by atomic mass is 32.2. The number of hydrogen-bond acceptors (Lipinski definition) is 7. The Hall–Kier alpha value is -0.760. The van der Waals surface area contributed by atoms with Crippen molar-refractivity contribution in [3.63, 3.8) is 0 Å². The van der Waals surface area contributed by atoms with Crippen molar-refractivity contribution in [2.24, 2.45) is 5.73 Å². The van der Waals surface area contributed by atoms with Crippen LogP contribution in [0.3, 0.4) is 0 Å². The van der Waals surface area contributed by atoms with Gasteiger partial charge in [-0.25, -0.2) is 0 Å². The van der Waals surface area contributed by atoms with Gasteiger partial charge in [0.15, 0.2) is 8.68 Å². The van der Waals surface area contributed by atoms with Gasteiger partial charge in [-0.3, -0.25) is 0 Å². The zero-order valence-corrected chi connectivity index (χ0v) is 13.0. The molecule has 2 N–H and O–H groups in total. The van der Waals surface area contributed by atoms with E-state index < -0.39 is 0 Å². The number of nitrogens with zero attached hydrogens (tertiary/aromatic N) is 2. The third-order valence-corrected chi connectivity index (χ3v) is 5.32. The lowest BCUT2D eigenvalue weighted by atomic mass is 10.2. The average Bonchev–Trinajstić information content (AvgIpc) is 2.92. The molecule has 0 saturated carbocycles.